The number of anilines is 2. The van der Waals surface area contributed by atoms with Gasteiger partial charge in [-0.25, -0.2) is 9.50 Å². The number of benzene rings is 1. The van der Waals surface area contributed by atoms with Crippen molar-refractivity contribution < 1.29 is 14.3 Å². The number of ether oxygens (including phenoxy) is 1. The average molecular weight is 460 g/mol. The Labute approximate surface area is 195 Å². The number of nitrogens with zero attached hydrogens (tertiary/aromatic N) is 5. The number of aryl methyl sites for hydroxylation is 2. The molecule has 0 radical (unpaired) electrons. The fraction of sp³-hybridized carbons (Fsp3) is 0.292. The number of nitrogens with one attached hydrogen (secondary N) is 2. The van der Waals surface area contributed by atoms with E-state index in [9.17, 15) is 9.59 Å². The maximum absolute atomic E-state index is 12.9. The van der Waals surface area contributed by atoms with Crippen LogP contribution in [0.5, 0.6) is 11.6 Å². The van der Waals surface area contributed by atoms with Gasteiger partial charge in [0, 0.05) is 30.8 Å². The zero-order chi connectivity index (χ0) is 23.8. The predicted molar refractivity (Wildman–Crippen MR) is 126 cm³/mol. The third kappa shape index (κ3) is 4.34. The summed E-state index contributed by atoms with van der Waals surface area (Å²) in [7, 11) is 1.71. The molecule has 4 aromatic rings. The maximum atomic E-state index is 12.9. The van der Waals surface area contributed by atoms with Gasteiger partial charge in [-0.15, -0.1) is 5.10 Å². The summed E-state index contributed by atoms with van der Waals surface area (Å²) >= 11 is 0. The van der Waals surface area contributed by atoms with Crippen molar-refractivity contribution in [3.63, 3.8) is 0 Å². The number of carbonyl (C=O) groups excluding carboxylic acids is 2. The van der Waals surface area contributed by atoms with E-state index in [1.165, 1.54) is 0 Å². The predicted octanol–water partition coefficient (Wildman–Crippen LogP) is 3.74. The zero-order valence-corrected chi connectivity index (χ0v) is 19.2. The largest absolute Gasteiger partial charge is 0.438 e. The SMILES string of the molecule is CCc1cc(C(=O)N(C)c2cc(Oc3ccc4nc(NC(=O)C5CC5)cn4n3)ccc2C)n[nH]1. The van der Waals surface area contributed by atoms with Gasteiger partial charge in [-0.1, -0.05) is 13.0 Å². The van der Waals surface area contributed by atoms with Crippen LogP contribution >= 0.6 is 0 Å². The smallest absolute Gasteiger partial charge is 0.278 e. The van der Waals surface area contributed by atoms with Crippen molar-refractivity contribution in [3.8, 4) is 11.6 Å². The topological polar surface area (TPSA) is 118 Å². The lowest BCUT2D eigenvalue weighted by atomic mass is 10.1. The Hall–Kier alpha value is -4.21. The third-order valence-corrected chi connectivity index (χ3v) is 5.79. The van der Waals surface area contributed by atoms with Crippen LogP contribution in [-0.2, 0) is 11.2 Å². The molecule has 1 aliphatic carbocycles. The molecule has 3 aromatic heterocycles. The molecule has 0 saturated heterocycles. The lowest BCUT2D eigenvalue weighted by molar-refractivity contribution is -0.117. The van der Waals surface area contributed by atoms with Crippen LogP contribution < -0.4 is 15.0 Å². The Morgan fingerprint density at radius 2 is 2.06 bits per heavy atom. The molecule has 1 aromatic carbocycles. The van der Waals surface area contributed by atoms with Gasteiger partial charge >= 0.3 is 0 Å². The Kier molecular flexibility index (Phi) is 5.48. The van der Waals surface area contributed by atoms with Crippen LogP contribution in [0.1, 0.15) is 41.5 Å². The van der Waals surface area contributed by atoms with Gasteiger partial charge in [-0.05, 0) is 49.9 Å². The molecule has 3 heterocycles. The molecular formula is C24H25N7O3. The van der Waals surface area contributed by atoms with Gasteiger partial charge in [0.25, 0.3) is 5.91 Å². The first-order valence-electron chi connectivity index (χ1n) is 11.2. The van der Waals surface area contributed by atoms with E-state index in [1.54, 1.807) is 46.9 Å². The van der Waals surface area contributed by atoms with Crippen molar-refractivity contribution >= 4 is 29.0 Å². The normalized spacial score (nSPS) is 13.1. The molecule has 1 aliphatic rings. The second kappa shape index (κ2) is 8.62. The summed E-state index contributed by atoms with van der Waals surface area (Å²) in [6.07, 6.45) is 4.28. The molecule has 1 saturated carbocycles. The molecule has 10 heteroatoms. The van der Waals surface area contributed by atoms with Crippen molar-refractivity contribution in [2.24, 2.45) is 5.92 Å². The second-order valence-electron chi connectivity index (χ2n) is 8.41. The Morgan fingerprint density at radius 3 is 2.79 bits per heavy atom. The summed E-state index contributed by atoms with van der Waals surface area (Å²) in [5.41, 5.74) is 3.49. The van der Waals surface area contributed by atoms with Crippen LogP contribution in [-0.4, -0.2) is 43.7 Å². The fourth-order valence-corrected chi connectivity index (χ4v) is 3.62. The number of hydrogen-bond donors (Lipinski definition) is 2. The first kappa shape index (κ1) is 21.6. The monoisotopic (exact) mass is 459 g/mol. The molecule has 10 nitrogen and oxygen atoms in total. The van der Waals surface area contributed by atoms with Gasteiger partial charge in [0.15, 0.2) is 17.2 Å². The van der Waals surface area contributed by atoms with E-state index >= 15 is 0 Å². The molecule has 2 amide bonds. The minimum absolute atomic E-state index is 0.00788. The van der Waals surface area contributed by atoms with Crippen molar-refractivity contribution in [2.45, 2.75) is 33.1 Å². The van der Waals surface area contributed by atoms with Crippen LogP contribution in [0.15, 0.2) is 42.6 Å². The lowest BCUT2D eigenvalue weighted by Crippen LogP contribution is -2.27. The lowest BCUT2D eigenvalue weighted by Gasteiger charge is -2.19. The fourth-order valence-electron chi connectivity index (χ4n) is 3.62. The quantitative estimate of drug-likeness (QED) is 0.435. The summed E-state index contributed by atoms with van der Waals surface area (Å²) < 4.78 is 7.53. The Balaban J connectivity index is 1.34. The number of fused-ring (bicyclic) bond motifs is 1. The van der Waals surface area contributed by atoms with Gasteiger partial charge in [0.2, 0.25) is 11.8 Å². The van der Waals surface area contributed by atoms with E-state index in [4.69, 9.17) is 4.74 Å². The van der Waals surface area contributed by atoms with E-state index in [0.29, 0.717) is 34.5 Å². The van der Waals surface area contributed by atoms with Crippen molar-refractivity contribution in [1.82, 2.24) is 24.8 Å². The molecule has 0 unspecified atom stereocenters. The number of rotatable bonds is 7. The molecule has 34 heavy (non-hydrogen) atoms. The van der Waals surface area contributed by atoms with Gasteiger partial charge < -0.3 is 15.0 Å². The first-order valence-corrected chi connectivity index (χ1v) is 11.2. The minimum atomic E-state index is -0.213. The molecule has 1 fully saturated rings. The van der Waals surface area contributed by atoms with E-state index in [2.05, 4.69) is 25.6 Å². The van der Waals surface area contributed by atoms with Crippen molar-refractivity contribution in [3.05, 3.63) is 59.5 Å². The average Bonchev–Trinajstić information content (AvgIpc) is 3.45. The van der Waals surface area contributed by atoms with Crippen LogP contribution in [0.2, 0.25) is 0 Å². The first-order chi connectivity index (χ1) is 16.4. The number of imidazole rings is 1. The summed E-state index contributed by atoms with van der Waals surface area (Å²) in [5.74, 6) is 1.23. The summed E-state index contributed by atoms with van der Waals surface area (Å²) in [4.78, 5) is 30.8. The highest BCUT2D eigenvalue weighted by Gasteiger charge is 2.30. The minimum Gasteiger partial charge on any atom is -0.438 e. The number of carbonyl (C=O) groups is 2. The second-order valence-corrected chi connectivity index (χ2v) is 8.41. The van der Waals surface area contributed by atoms with Gasteiger partial charge in [0.05, 0.1) is 11.9 Å². The van der Waals surface area contributed by atoms with Crippen LogP contribution in [0, 0.1) is 12.8 Å². The van der Waals surface area contributed by atoms with Crippen LogP contribution in [0.3, 0.4) is 0 Å². The van der Waals surface area contributed by atoms with Crippen LogP contribution in [0.4, 0.5) is 11.5 Å². The van der Waals surface area contributed by atoms with Crippen molar-refractivity contribution in [2.75, 3.05) is 17.3 Å². The molecule has 0 aliphatic heterocycles. The van der Waals surface area contributed by atoms with E-state index in [-0.39, 0.29) is 17.7 Å². The molecule has 5 rings (SSSR count). The number of amides is 2. The molecule has 0 atom stereocenters. The van der Waals surface area contributed by atoms with Gasteiger partial charge in [-0.2, -0.15) is 5.10 Å². The number of aromatic nitrogens is 5. The molecule has 0 bridgehead atoms. The van der Waals surface area contributed by atoms with Gasteiger partial charge in [0.1, 0.15) is 5.75 Å². The standard InChI is InChI=1S/C24H25N7O3/c1-4-16-11-18(28-27-16)24(33)30(3)19-12-17(8-5-14(19)2)34-22-10-9-21-25-20(13-31(21)29-22)26-23(32)15-6-7-15/h5,8-13,15H,4,6-7H2,1-3H3,(H,26,32)(H,27,28). The number of H-pyrrole nitrogens is 1. The highest BCUT2D eigenvalue weighted by Crippen LogP contribution is 2.31. The Bertz CT molecular complexity index is 1390. The van der Waals surface area contributed by atoms with E-state index < -0.39 is 0 Å². The summed E-state index contributed by atoms with van der Waals surface area (Å²) in [5, 5.41) is 14.3. The van der Waals surface area contributed by atoms with Gasteiger partial charge in [-0.3, -0.25) is 14.7 Å². The third-order valence-electron chi connectivity index (χ3n) is 5.79. The zero-order valence-electron chi connectivity index (χ0n) is 19.2. The number of hydrogen-bond acceptors (Lipinski definition) is 6. The molecule has 0 spiro atoms. The van der Waals surface area contributed by atoms with E-state index in [0.717, 1.165) is 30.5 Å². The maximum Gasteiger partial charge on any atom is 0.278 e. The van der Waals surface area contributed by atoms with Crippen molar-refractivity contribution in [1.29, 1.82) is 0 Å². The molecular weight excluding hydrogens is 434 g/mol. The molecule has 2 N–H and O–H groups in total. The summed E-state index contributed by atoms with van der Waals surface area (Å²) in [6, 6.07) is 10.7. The van der Waals surface area contributed by atoms with Crippen LogP contribution in [0.25, 0.3) is 5.65 Å². The summed E-state index contributed by atoms with van der Waals surface area (Å²) in [6.45, 7) is 3.93. The molecule has 174 valence electrons. The number of aromatic amines is 1. The van der Waals surface area contributed by atoms with E-state index in [1.807, 2.05) is 26.0 Å². The highest BCUT2D eigenvalue weighted by atomic mass is 16.5. The highest BCUT2D eigenvalue weighted by molar-refractivity contribution is 6.05. The Morgan fingerprint density at radius 1 is 1.24 bits per heavy atom.